The van der Waals surface area contributed by atoms with Crippen LogP contribution in [0.4, 0.5) is 5.95 Å². The molecule has 3 N–H and O–H groups in total. The molecule has 2 aromatic rings. The molecule has 0 amide bonds. The van der Waals surface area contributed by atoms with Crippen molar-refractivity contribution in [2.75, 3.05) is 5.73 Å². The standard InChI is InChI=1S/C10H12ClN5O/c11-8-7-9(15-10(12)14-8)16(4-13-7)5-1-2-6(17)3-5/h4-6,17H,1-3H2,(H2,12,14,15)/t5-,6+/m0/s1. The van der Waals surface area contributed by atoms with Gasteiger partial charge in [-0.2, -0.15) is 9.97 Å². The van der Waals surface area contributed by atoms with Crippen LogP contribution in [0.5, 0.6) is 0 Å². The Balaban J connectivity index is 2.11. The van der Waals surface area contributed by atoms with Gasteiger partial charge in [0.1, 0.15) is 5.52 Å². The second kappa shape index (κ2) is 3.82. The average Bonchev–Trinajstić information content (AvgIpc) is 2.83. The monoisotopic (exact) mass is 253 g/mol. The van der Waals surface area contributed by atoms with Crippen molar-refractivity contribution in [1.29, 1.82) is 0 Å². The van der Waals surface area contributed by atoms with E-state index in [2.05, 4.69) is 15.0 Å². The maximum atomic E-state index is 9.56. The number of rotatable bonds is 1. The predicted molar refractivity (Wildman–Crippen MR) is 63.6 cm³/mol. The number of aliphatic hydroxyl groups excluding tert-OH is 1. The average molecular weight is 254 g/mol. The minimum Gasteiger partial charge on any atom is -0.393 e. The Morgan fingerprint density at radius 3 is 2.94 bits per heavy atom. The molecular weight excluding hydrogens is 242 g/mol. The fourth-order valence-electron chi connectivity index (χ4n) is 2.35. The highest BCUT2D eigenvalue weighted by molar-refractivity contribution is 6.33. The smallest absolute Gasteiger partial charge is 0.223 e. The summed E-state index contributed by atoms with van der Waals surface area (Å²) in [6.07, 6.45) is 3.87. The molecule has 1 aliphatic rings. The van der Waals surface area contributed by atoms with Gasteiger partial charge in [0.05, 0.1) is 12.4 Å². The third-order valence-corrected chi connectivity index (χ3v) is 3.43. The number of imidazole rings is 1. The fraction of sp³-hybridized carbons (Fsp3) is 0.500. The van der Waals surface area contributed by atoms with E-state index < -0.39 is 0 Å². The first-order valence-electron chi connectivity index (χ1n) is 5.49. The molecule has 2 aromatic heterocycles. The number of hydrogen-bond acceptors (Lipinski definition) is 5. The van der Waals surface area contributed by atoms with Gasteiger partial charge in [0.2, 0.25) is 5.95 Å². The quantitative estimate of drug-likeness (QED) is 0.744. The van der Waals surface area contributed by atoms with Gasteiger partial charge < -0.3 is 15.4 Å². The van der Waals surface area contributed by atoms with Crippen LogP contribution in [0.1, 0.15) is 25.3 Å². The summed E-state index contributed by atoms with van der Waals surface area (Å²) in [5.41, 5.74) is 6.78. The highest BCUT2D eigenvalue weighted by atomic mass is 35.5. The van der Waals surface area contributed by atoms with Gasteiger partial charge in [-0.3, -0.25) is 0 Å². The summed E-state index contributed by atoms with van der Waals surface area (Å²) < 4.78 is 1.93. The van der Waals surface area contributed by atoms with E-state index in [-0.39, 0.29) is 23.2 Å². The molecule has 1 aliphatic carbocycles. The number of halogens is 1. The van der Waals surface area contributed by atoms with Crippen LogP contribution < -0.4 is 5.73 Å². The van der Waals surface area contributed by atoms with Crippen LogP contribution in [0.15, 0.2) is 6.33 Å². The first-order chi connectivity index (χ1) is 8.15. The molecule has 0 radical (unpaired) electrons. The molecule has 1 fully saturated rings. The maximum absolute atomic E-state index is 9.56. The zero-order valence-electron chi connectivity index (χ0n) is 9.04. The number of anilines is 1. The van der Waals surface area contributed by atoms with Crippen molar-refractivity contribution in [1.82, 2.24) is 19.5 Å². The molecule has 0 bridgehead atoms. The molecule has 0 saturated heterocycles. The molecule has 0 spiro atoms. The zero-order chi connectivity index (χ0) is 12.0. The van der Waals surface area contributed by atoms with Crippen molar-refractivity contribution in [3.8, 4) is 0 Å². The van der Waals surface area contributed by atoms with E-state index in [1.165, 1.54) is 0 Å². The Morgan fingerprint density at radius 2 is 2.24 bits per heavy atom. The Morgan fingerprint density at radius 1 is 1.41 bits per heavy atom. The predicted octanol–water partition coefficient (Wildman–Crippen LogP) is 1.15. The second-order valence-corrected chi connectivity index (χ2v) is 4.68. The van der Waals surface area contributed by atoms with Gasteiger partial charge in [-0.1, -0.05) is 11.6 Å². The molecule has 2 atom stereocenters. The van der Waals surface area contributed by atoms with Gasteiger partial charge in [-0.05, 0) is 19.3 Å². The summed E-state index contributed by atoms with van der Waals surface area (Å²) in [4.78, 5) is 12.2. The Kier molecular flexibility index (Phi) is 2.41. The highest BCUT2D eigenvalue weighted by Gasteiger charge is 2.26. The summed E-state index contributed by atoms with van der Waals surface area (Å²) in [6.45, 7) is 0. The Bertz CT molecular complexity index is 569. The number of aromatic nitrogens is 4. The molecule has 0 aliphatic heterocycles. The van der Waals surface area contributed by atoms with E-state index in [0.717, 1.165) is 12.8 Å². The van der Waals surface area contributed by atoms with Crippen molar-refractivity contribution in [2.45, 2.75) is 31.4 Å². The van der Waals surface area contributed by atoms with E-state index >= 15 is 0 Å². The minimum atomic E-state index is -0.243. The lowest BCUT2D eigenvalue weighted by molar-refractivity contribution is 0.178. The van der Waals surface area contributed by atoms with Crippen molar-refractivity contribution in [3.63, 3.8) is 0 Å². The molecule has 6 nitrogen and oxygen atoms in total. The van der Waals surface area contributed by atoms with Crippen LogP contribution in [-0.2, 0) is 0 Å². The maximum Gasteiger partial charge on any atom is 0.223 e. The van der Waals surface area contributed by atoms with E-state index in [1.807, 2.05) is 4.57 Å². The number of nitrogen functional groups attached to an aromatic ring is 1. The summed E-state index contributed by atoms with van der Waals surface area (Å²) in [5, 5.41) is 9.83. The van der Waals surface area contributed by atoms with Crippen molar-refractivity contribution in [2.24, 2.45) is 0 Å². The normalized spacial score (nSPS) is 24.6. The van der Waals surface area contributed by atoms with Gasteiger partial charge in [-0.25, -0.2) is 4.98 Å². The van der Waals surface area contributed by atoms with Crippen LogP contribution in [0.3, 0.4) is 0 Å². The third-order valence-electron chi connectivity index (χ3n) is 3.17. The Labute approximate surface area is 102 Å². The lowest BCUT2D eigenvalue weighted by Crippen LogP contribution is -2.07. The third kappa shape index (κ3) is 1.73. The van der Waals surface area contributed by atoms with Gasteiger partial charge in [0, 0.05) is 6.04 Å². The SMILES string of the molecule is Nc1nc(Cl)c2ncn([C@H]3CC[C@@H](O)C3)c2n1. The van der Waals surface area contributed by atoms with E-state index in [0.29, 0.717) is 17.6 Å². The fourth-order valence-corrected chi connectivity index (χ4v) is 2.57. The van der Waals surface area contributed by atoms with Crippen molar-refractivity contribution < 1.29 is 5.11 Å². The molecule has 2 heterocycles. The van der Waals surface area contributed by atoms with E-state index in [1.54, 1.807) is 6.33 Å². The highest BCUT2D eigenvalue weighted by Crippen LogP contribution is 2.32. The lowest BCUT2D eigenvalue weighted by atomic mass is 10.2. The second-order valence-electron chi connectivity index (χ2n) is 4.32. The molecule has 90 valence electrons. The van der Waals surface area contributed by atoms with Gasteiger partial charge in [0.15, 0.2) is 10.8 Å². The number of aliphatic hydroxyl groups is 1. The number of hydrogen-bond donors (Lipinski definition) is 2. The number of nitrogens with zero attached hydrogens (tertiary/aromatic N) is 4. The summed E-state index contributed by atoms with van der Waals surface area (Å²) in [5.74, 6) is 0.141. The van der Waals surface area contributed by atoms with Crippen LogP contribution in [-0.4, -0.2) is 30.7 Å². The zero-order valence-corrected chi connectivity index (χ0v) is 9.80. The number of nitrogens with two attached hydrogens (primary N) is 1. The van der Waals surface area contributed by atoms with Crippen LogP contribution in [0, 0.1) is 0 Å². The van der Waals surface area contributed by atoms with Gasteiger partial charge >= 0.3 is 0 Å². The molecule has 1 saturated carbocycles. The molecule has 7 heteroatoms. The van der Waals surface area contributed by atoms with E-state index in [4.69, 9.17) is 17.3 Å². The topological polar surface area (TPSA) is 89.8 Å². The summed E-state index contributed by atoms with van der Waals surface area (Å²) in [7, 11) is 0. The van der Waals surface area contributed by atoms with Crippen molar-refractivity contribution >= 4 is 28.7 Å². The van der Waals surface area contributed by atoms with Gasteiger partial charge in [0.25, 0.3) is 0 Å². The molecule has 3 rings (SSSR count). The first kappa shape index (κ1) is 10.7. The summed E-state index contributed by atoms with van der Waals surface area (Å²) >= 11 is 5.95. The minimum absolute atomic E-state index is 0.141. The largest absolute Gasteiger partial charge is 0.393 e. The summed E-state index contributed by atoms with van der Waals surface area (Å²) in [6, 6.07) is 0.209. The number of fused-ring (bicyclic) bond motifs is 1. The van der Waals surface area contributed by atoms with Crippen LogP contribution >= 0.6 is 11.6 Å². The van der Waals surface area contributed by atoms with Crippen LogP contribution in [0.25, 0.3) is 11.2 Å². The first-order valence-corrected chi connectivity index (χ1v) is 5.86. The van der Waals surface area contributed by atoms with Crippen molar-refractivity contribution in [3.05, 3.63) is 11.5 Å². The lowest BCUT2D eigenvalue weighted by Gasteiger charge is -2.11. The molecule has 17 heavy (non-hydrogen) atoms. The van der Waals surface area contributed by atoms with Crippen LogP contribution in [0.2, 0.25) is 5.15 Å². The Hall–Kier alpha value is -1.40. The molecular formula is C10H12ClN5O. The molecule has 0 aromatic carbocycles. The van der Waals surface area contributed by atoms with Gasteiger partial charge in [-0.15, -0.1) is 0 Å². The molecule has 0 unspecified atom stereocenters. The van der Waals surface area contributed by atoms with E-state index in [9.17, 15) is 5.11 Å².